The number of benzene rings is 2. The van der Waals surface area contributed by atoms with Gasteiger partial charge in [0.05, 0.1) is 6.42 Å². The third-order valence-corrected chi connectivity index (χ3v) is 4.10. The molecule has 4 nitrogen and oxygen atoms in total. The molecule has 0 aliphatic heterocycles. The van der Waals surface area contributed by atoms with E-state index in [0.717, 1.165) is 33.3 Å². The van der Waals surface area contributed by atoms with Crippen molar-refractivity contribution < 1.29 is 9.32 Å². The van der Waals surface area contributed by atoms with Crippen LogP contribution in [0.1, 0.15) is 27.9 Å². The molecule has 3 aromatic rings. The summed E-state index contributed by atoms with van der Waals surface area (Å²) >= 11 is 0. The van der Waals surface area contributed by atoms with Crippen molar-refractivity contribution in [3.05, 3.63) is 58.3 Å². The molecule has 0 unspecified atom stereocenters. The average molecular weight is 308 g/mol. The molecule has 0 saturated carbocycles. The Morgan fingerprint density at radius 3 is 2.57 bits per heavy atom. The average Bonchev–Trinajstić information content (AvgIpc) is 2.86. The fourth-order valence-corrected chi connectivity index (χ4v) is 2.74. The summed E-state index contributed by atoms with van der Waals surface area (Å²) in [5, 5.41) is 7.91. The van der Waals surface area contributed by atoms with E-state index in [4.69, 9.17) is 4.52 Å². The third-order valence-electron chi connectivity index (χ3n) is 4.10. The van der Waals surface area contributed by atoms with E-state index in [2.05, 4.69) is 10.5 Å². The second-order valence-corrected chi connectivity index (χ2v) is 6.11. The maximum atomic E-state index is 12.3. The molecule has 0 radical (unpaired) electrons. The van der Waals surface area contributed by atoms with Crippen LogP contribution < -0.4 is 5.32 Å². The highest BCUT2D eigenvalue weighted by Gasteiger charge is 2.14. The predicted octanol–water partition coefficient (Wildman–Crippen LogP) is 4.24. The number of amides is 1. The van der Waals surface area contributed by atoms with Crippen molar-refractivity contribution in [3.63, 3.8) is 0 Å². The second-order valence-electron chi connectivity index (χ2n) is 6.11. The predicted molar refractivity (Wildman–Crippen MR) is 91.7 cm³/mol. The number of hydrogen-bond acceptors (Lipinski definition) is 3. The number of carbonyl (C=O) groups excluding carboxylic acids is 1. The maximum Gasteiger partial charge on any atom is 0.230 e. The summed E-state index contributed by atoms with van der Waals surface area (Å²) in [6, 6.07) is 9.95. The van der Waals surface area contributed by atoms with Crippen LogP contribution >= 0.6 is 0 Å². The molecule has 1 amide bonds. The van der Waals surface area contributed by atoms with Gasteiger partial charge in [-0.1, -0.05) is 17.3 Å². The minimum absolute atomic E-state index is 0.0948. The number of fused-ring (bicyclic) bond motifs is 1. The Labute approximate surface area is 135 Å². The first-order valence-corrected chi connectivity index (χ1v) is 7.66. The number of hydrogen-bond donors (Lipinski definition) is 1. The first-order valence-electron chi connectivity index (χ1n) is 7.66. The SMILES string of the molecule is Cc1cc(C)c2onc(CC(=O)Nc3ccc(C)c(C)c3)c2c1. The fraction of sp³-hybridized carbons (Fsp3) is 0.263. The Morgan fingerprint density at radius 1 is 1.04 bits per heavy atom. The second kappa shape index (κ2) is 5.88. The van der Waals surface area contributed by atoms with Gasteiger partial charge < -0.3 is 9.84 Å². The van der Waals surface area contributed by atoms with Crippen LogP contribution in [-0.4, -0.2) is 11.1 Å². The van der Waals surface area contributed by atoms with Gasteiger partial charge >= 0.3 is 0 Å². The van der Waals surface area contributed by atoms with Gasteiger partial charge in [0.1, 0.15) is 5.69 Å². The highest BCUT2D eigenvalue weighted by Crippen LogP contribution is 2.24. The lowest BCUT2D eigenvalue weighted by Crippen LogP contribution is -2.14. The Morgan fingerprint density at radius 2 is 1.83 bits per heavy atom. The summed E-state index contributed by atoms with van der Waals surface area (Å²) in [7, 11) is 0. The number of nitrogens with zero attached hydrogens (tertiary/aromatic N) is 1. The van der Waals surface area contributed by atoms with E-state index in [1.807, 2.05) is 58.0 Å². The summed E-state index contributed by atoms with van der Waals surface area (Å²) < 4.78 is 5.39. The van der Waals surface area contributed by atoms with Crippen molar-refractivity contribution in [2.75, 3.05) is 5.32 Å². The van der Waals surface area contributed by atoms with Gasteiger partial charge in [-0.05, 0) is 68.1 Å². The smallest absolute Gasteiger partial charge is 0.230 e. The monoisotopic (exact) mass is 308 g/mol. The Bertz CT molecular complexity index is 894. The van der Waals surface area contributed by atoms with Gasteiger partial charge in [-0.3, -0.25) is 4.79 Å². The van der Waals surface area contributed by atoms with E-state index >= 15 is 0 Å². The molecular weight excluding hydrogens is 288 g/mol. The van der Waals surface area contributed by atoms with Crippen molar-refractivity contribution in [3.8, 4) is 0 Å². The molecule has 0 atom stereocenters. The van der Waals surface area contributed by atoms with Gasteiger partial charge in [0, 0.05) is 11.1 Å². The molecule has 1 aromatic heterocycles. The molecule has 118 valence electrons. The molecule has 2 aromatic carbocycles. The number of nitrogens with one attached hydrogen (secondary N) is 1. The zero-order valence-corrected chi connectivity index (χ0v) is 13.9. The molecule has 0 saturated heterocycles. The molecule has 0 aliphatic rings. The highest BCUT2D eigenvalue weighted by molar-refractivity contribution is 5.95. The van der Waals surface area contributed by atoms with Crippen molar-refractivity contribution in [2.45, 2.75) is 34.1 Å². The van der Waals surface area contributed by atoms with E-state index in [1.54, 1.807) is 0 Å². The van der Waals surface area contributed by atoms with E-state index in [1.165, 1.54) is 5.56 Å². The number of rotatable bonds is 3. The molecular formula is C19H20N2O2. The van der Waals surface area contributed by atoms with E-state index < -0.39 is 0 Å². The summed E-state index contributed by atoms with van der Waals surface area (Å²) in [5.74, 6) is -0.0948. The molecule has 1 heterocycles. The zero-order chi connectivity index (χ0) is 16.6. The topological polar surface area (TPSA) is 55.1 Å². The van der Waals surface area contributed by atoms with Gasteiger partial charge in [0.2, 0.25) is 5.91 Å². The lowest BCUT2D eigenvalue weighted by Gasteiger charge is -2.07. The van der Waals surface area contributed by atoms with Crippen LogP contribution in [0.5, 0.6) is 0 Å². The van der Waals surface area contributed by atoms with Crippen molar-refractivity contribution in [2.24, 2.45) is 0 Å². The van der Waals surface area contributed by atoms with Gasteiger partial charge in [0.15, 0.2) is 5.58 Å². The number of aryl methyl sites for hydroxylation is 4. The highest BCUT2D eigenvalue weighted by atomic mass is 16.5. The normalized spacial score (nSPS) is 11.0. The van der Waals surface area contributed by atoms with E-state index in [-0.39, 0.29) is 12.3 Å². The first-order chi connectivity index (χ1) is 10.9. The van der Waals surface area contributed by atoms with Gasteiger partial charge in [-0.25, -0.2) is 0 Å². The fourth-order valence-electron chi connectivity index (χ4n) is 2.74. The van der Waals surface area contributed by atoms with Crippen LogP contribution in [0.3, 0.4) is 0 Å². The van der Waals surface area contributed by atoms with Crippen LogP contribution in [0.15, 0.2) is 34.9 Å². The Balaban J connectivity index is 1.81. The minimum Gasteiger partial charge on any atom is -0.356 e. The van der Waals surface area contributed by atoms with Crippen LogP contribution in [0, 0.1) is 27.7 Å². The molecule has 0 aliphatic carbocycles. The third kappa shape index (κ3) is 3.11. The molecule has 0 spiro atoms. The van der Waals surface area contributed by atoms with Crippen LogP contribution in [-0.2, 0) is 11.2 Å². The van der Waals surface area contributed by atoms with Crippen molar-refractivity contribution >= 4 is 22.6 Å². The Kier molecular flexibility index (Phi) is 3.90. The van der Waals surface area contributed by atoms with Crippen molar-refractivity contribution in [1.82, 2.24) is 5.16 Å². The molecule has 1 N–H and O–H groups in total. The molecule has 3 rings (SSSR count). The number of carbonyl (C=O) groups is 1. The maximum absolute atomic E-state index is 12.3. The number of aromatic nitrogens is 1. The van der Waals surface area contributed by atoms with Crippen LogP contribution in [0.4, 0.5) is 5.69 Å². The number of anilines is 1. The summed E-state index contributed by atoms with van der Waals surface area (Å²) in [6.45, 7) is 8.09. The van der Waals surface area contributed by atoms with E-state index in [9.17, 15) is 4.79 Å². The van der Waals surface area contributed by atoms with Gasteiger partial charge in [0.25, 0.3) is 0 Å². The van der Waals surface area contributed by atoms with E-state index in [0.29, 0.717) is 5.69 Å². The molecule has 0 fully saturated rings. The van der Waals surface area contributed by atoms with Crippen LogP contribution in [0.2, 0.25) is 0 Å². The lowest BCUT2D eigenvalue weighted by atomic mass is 10.1. The van der Waals surface area contributed by atoms with Gasteiger partial charge in [-0.2, -0.15) is 0 Å². The standard InChI is InChI=1S/C19H20N2O2/c1-11-7-14(4)19-16(8-11)17(21-23-19)10-18(22)20-15-6-5-12(2)13(3)9-15/h5-9H,10H2,1-4H3,(H,20,22). The summed E-state index contributed by atoms with van der Waals surface area (Å²) in [4.78, 5) is 12.3. The summed E-state index contributed by atoms with van der Waals surface area (Å²) in [5.41, 5.74) is 6.76. The molecule has 23 heavy (non-hydrogen) atoms. The minimum atomic E-state index is -0.0948. The van der Waals surface area contributed by atoms with Crippen molar-refractivity contribution in [1.29, 1.82) is 0 Å². The first kappa shape index (κ1) is 15.3. The Hall–Kier alpha value is -2.62. The molecule has 0 bridgehead atoms. The quantitative estimate of drug-likeness (QED) is 0.787. The van der Waals surface area contributed by atoms with Gasteiger partial charge in [-0.15, -0.1) is 0 Å². The summed E-state index contributed by atoms with van der Waals surface area (Å²) in [6.07, 6.45) is 0.197. The van der Waals surface area contributed by atoms with Crippen LogP contribution in [0.25, 0.3) is 11.0 Å². The molecule has 4 heteroatoms. The lowest BCUT2D eigenvalue weighted by molar-refractivity contribution is -0.115. The zero-order valence-electron chi connectivity index (χ0n) is 13.9. The largest absolute Gasteiger partial charge is 0.356 e.